The standard InChI is InChI=1S/C15H13FN2O6/c1-2-17(11-5-3-10(16)4-6-11)13(19)9-23-15(20)12-7-8-14(24-12)18(21)22/h3-8H,2,9H2,1H3. The van der Waals surface area contributed by atoms with E-state index >= 15 is 0 Å². The number of furan rings is 1. The van der Waals surface area contributed by atoms with Crippen molar-refractivity contribution >= 4 is 23.4 Å². The Morgan fingerprint density at radius 2 is 1.92 bits per heavy atom. The molecule has 0 aliphatic heterocycles. The molecule has 8 nitrogen and oxygen atoms in total. The second-order valence-corrected chi connectivity index (χ2v) is 4.59. The number of carbonyl (C=O) groups is 2. The van der Waals surface area contributed by atoms with Gasteiger partial charge in [0.1, 0.15) is 10.7 Å². The number of halogens is 1. The van der Waals surface area contributed by atoms with E-state index < -0.39 is 35.1 Å². The van der Waals surface area contributed by atoms with Crippen LogP contribution in [-0.2, 0) is 9.53 Å². The van der Waals surface area contributed by atoms with E-state index in [1.165, 1.54) is 29.2 Å². The molecule has 0 N–H and O–H groups in total. The van der Waals surface area contributed by atoms with Crippen molar-refractivity contribution in [2.75, 3.05) is 18.1 Å². The summed E-state index contributed by atoms with van der Waals surface area (Å²) in [6.07, 6.45) is 0. The first-order valence-electron chi connectivity index (χ1n) is 6.89. The highest BCUT2D eigenvalue weighted by molar-refractivity contribution is 5.96. The van der Waals surface area contributed by atoms with Crippen molar-refractivity contribution in [1.82, 2.24) is 0 Å². The van der Waals surface area contributed by atoms with E-state index in [9.17, 15) is 24.1 Å². The van der Waals surface area contributed by atoms with Crippen molar-refractivity contribution in [1.29, 1.82) is 0 Å². The molecule has 9 heteroatoms. The number of ether oxygens (including phenoxy) is 1. The van der Waals surface area contributed by atoms with Crippen LogP contribution in [0.2, 0.25) is 0 Å². The fraction of sp³-hybridized carbons (Fsp3) is 0.200. The number of hydrogen-bond donors (Lipinski definition) is 0. The molecule has 1 aromatic carbocycles. The van der Waals surface area contributed by atoms with Gasteiger partial charge in [-0.2, -0.15) is 0 Å². The molecule has 0 aliphatic carbocycles. The molecule has 0 saturated carbocycles. The molecule has 0 fully saturated rings. The van der Waals surface area contributed by atoms with Crippen molar-refractivity contribution < 1.29 is 28.1 Å². The molecule has 0 radical (unpaired) electrons. The van der Waals surface area contributed by atoms with Gasteiger partial charge in [-0.05, 0) is 37.3 Å². The van der Waals surface area contributed by atoms with E-state index in [4.69, 9.17) is 4.74 Å². The third kappa shape index (κ3) is 3.94. The second kappa shape index (κ2) is 7.36. The summed E-state index contributed by atoms with van der Waals surface area (Å²) < 4.78 is 22.4. The molecule has 1 aromatic heterocycles. The largest absolute Gasteiger partial charge is 0.450 e. The van der Waals surface area contributed by atoms with E-state index in [0.717, 1.165) is 12.1 Å². The third-order valence-corrected chi connectivity index (χ3v) is 3.06. The molecule has 0 saturated heterocycles. The topological polar surface area (TPSA) is 103 Å². The summed E-state index contributed by atoms with van der Waals surface area (Å²) in [4.78, 5) is 34.8. The van der Waals surface area contributed by atoms with Gasteiger partial charge >= 0.3 is 11.9 Å². The molecule has 24 heavy (non-hydrogen) atoms. The Bertz CT molecular complexity index is 756. The van der Waals surface area contributed by atoms with Crippen LogP contribution >= 0.6 is 0 Å². The molecule has 0 spiro atoms. The van der Waals surface area contributed by atoms with E-state index in [1.54, 1.807) is 6.92 Å². The molecule has 0 aliphatic rings. The van der Waals surface area contributed by atoms with Crippen molar-refractivity contribution in [2.45, 2.75) is 6.92 Å². The summed E-state index contributed by atoms with van der Waals surface area (Å²) in [7, 11) is 0. The Labute approximate surface area is 135 Å². The van der Waals surface area contributed by atoms with E-state index in [1.807, 2.05) is 0 Å². The minimum Gasteiger partial charge on any atom is -0.450 e. The summed E-state index contributed by atoms with van der Waals surface area (Å²) in [5.74, 6) is -2.94. The van der Waals surface area contributed by atoms with Crippen LogP contribution in [-0.4, -0.2) is 30.0 Å². The molecule has 2 aromatic rings. The summed E-state index contributed by atoms with van der Waals surface area (Å²) in [5, 5.41) is 10.5. The lowest BCUT2D eigenvalue weighted by atomic mass is 10.2. The Morgan fingerprint density at radius 3 is 2.46 bits per heavy atom. The first-order chi connectivity index (χ1) is 11.4. The second-order valence-electron chi connectivity index (χ2n) is 4.59. The van der Waals surface area contributed by atoms with Crippen LogP contribution in [0.1, 0.15) is 17.5 Å². The van der Waals surface area contributed by atoms with Gasteiger partial charge < -0.3 is 14.1 Å². The fourth-order valence-electron chi connectivity index (χ4n) is 1.94. The van der Waals surface area contributed by atoms with E-state index in [-0.39, 0.29) is 12.3 Å². The van der Waals surface area contributed by atoms with Gasteiger partial charge in [0.25, 0.3) is 5.91 Å². The van der Waals surface area contributed by atoms with Gasteiger partial charge in [-0.3, -0.25) is 14.9 Å². The van der Waals surface area contributed by atoms with Gasteiger partial charge in [0.15, 0.2) is 6.61 Å². The van der Waals surface area contributed by atoms with Gasteiger partial charge in [0, 0.05) is 12.2 Å². The molecule has 1 amide bonds. The van der Waals surface area contributed by atoms with Gasteiger partial charge in [-0.25, -0.2) is 9.18 Å². The minimum atomic E-state index is -0.994. The lowest BCUT2D eigenvalue weighted by Gasteiger charge is -2.20. The predicted molar refractivity (Wildman–Crippen MR) is 80.1 cm³/mol. The quantitative estimate of drug-likeness (QED) is 0.456. The molecule has 1 heterocycles. The predicted octanol–water partition coefficient (Wildman–Crippen LogP) is 2.54. The lowest BCUT2D eigenvalue weighted by molar-refractivity contribution is -0.402. The van der Waals surface area contributed by atoms with Gasteiger partial charge in [-0.15, -0.1) is 0 Å². The number of rotatable bonds is 6. The zero-order chi connectivity index (χ0) is 17.7. The van der Waals surface area contributed by atoms with Gasteiger partial charge in [0.2, 0.25) is 5.76 Å². The van der Waals surface area contributed by atoms with E-state index in [2.05, 4.69) is 4.42 Å². The number of hydrogen-bond acceptors (Lipinski definition) is 6. The normalized spacial score (nSPS) is 10.2. The van der Waals surface area contributed by atoms with Crippen LogP contribution in [0.5, 0.6) is 0 Å². The number of nitrogens with zero attached hydrogens (tertiary/aromatic N) is 2. The van der Waals surface area contributed by atoms with Crippen molar-refractivity contribution in [3.8, 4) is 0 Å². The maximum absolute atomic E-state index is 12.9. The van der Waals surface area contributed by atoms with Crippen LogP contribution in [0.4, 0.5) is 16.0 Å². The average molecular weight is 336 g/mol. The van der Waals surface area contributed by atoms with Crippen LogP contribution in [0.3, 0.4) is 0 Å². The fourth-order valence-corrected chi connectivity index (χ4v) is 1.94. The van der Waals surface area contributed by atoms with E-state index in [0.29, 0.717) is 5.69 Å². The Balaban J connectivity index is 1.98. The minimum absolute atomic E-state index is 0.286. The number of anilines is 1. The highest BCUT2D eigenvalue weighted by Gasteiger charge is 2.21. The zero-order valence-electron chi connectivity index (χ0n) is 12.6. The van der Waals surface area contributed by atoms with Crippen LogP contribution in [0, 0.1) is 15.9 Å². The maximum Gasteiger partial charge on any atom is 0.433 e. The molecular formula is C15H13FN2O6. The smallest absolute Gasteiger partial charge is 0.433 e. The summed E-state index contributed by atoms with van der Waals surface area (Å²) in [6, 6.07) is 7.36. The highest BCUT2D eigenvalue weighted by Crippen LogP contribution is 2.17. The molecular weight excluding hydrogens is 323 g/mol. The number of nitro groups is 1. The van der Waals surface area contributed by atoms with Gasteiger partial charge in [-0.1, -0.05) is 0 Å². The van der Waals surface area contributed by atoms with Crippen LogP contribution in [0.15, 0.2) is 40.8 Å². The highest BCUT2D eigenvalue weighted by atomic mass is 19.1. The van der Waals surface area contributed by atoms with Crippen molar-refractivity contribution in [2.24, 2.45) is 0 Å². The van der Waals surface area contributed by atoms with Crippen LogP contribution in [0.25, 0.3) is 0 Å². The first kappa shape index (κ1) is 17.1. The molecule has 0 unspecified atom stereocenters. The number of likely N-dealkylation sites (N-methyl/N-ethyl adjacent to an activating group) is 1. The van der Waals surface area contributed by atoms with Crippen molar-refractivity contribution in [3.63, 3.8) is 0 Å². The number of benzene rings is 1. The SMILES string of the molecule is CCN(C(=O)COC(=O)c1ccc([N+](=O)[O-])o1)c1ccc(F)cc1. The molecule has 0 atom stereocenters. The average Bonchev–Trinajstić information content (AvgIpc) is 3.05. The maximum atomic E-state index is 12.9. The molecule has 0 bridgehead atoms. The zero-order valence-corrected chi connectivity index (χ0v) is 12.6. The molecule has 2 rings (SSSR count). The lowest BCUT2D eigenvalue weighted by Crippen LogP contribution is -2.34. The number of carbonyl (C=O) groups excluding carboxylic acids is 2. The number of amides is 1. The summed E-state index contributed by atoms with van der Waals surface area (Å²) >= 11 is 0. The Hall–Kier alpha value is -3.23. The van der Waals surface area contributed by atoms with Crippen LogP contribution < -0.4 is 4.90 Å². The first-order valence-corrected chi connectivity index (χ1v) is 6.89. The summed E-state index contributed by atoms with van der Waals surface area (Å²) in [6.45, 7) is 1.41. The van der Waals surface area contributed by atoms with Gasteiger partial charge in [0.05, 0.1) is 6.07 Å². The molecule has 126 valence electrons. The Kier molecular flexibility index (Phi) is 5.25. The Morgan fingerprint density at radius 1 is 1.25 bits per heavy atom. The number of esters is 1. The third-order valence-electron chi connectivity index (χ3n) is 3.06. The monoisotopic (exact) mass is 336 g/mol. The van der Waals surface area contributed by atoms with Crippen molar-refractivity contribution in [3.05, 3.63) is 58.1 Å². The summed E-state index contributed by atoms with van der Waals surface area (Å²) in [5.41, 5.74) is 0.452.